The predicted molar refractivity (Wildman–Crippen MR) is 155 cm³/mol. The topological polar surface area (TPSA) is 112 Å². The van der Waals surface area contributed by atoms with Crippen LogP contribution in [0.2, 0.25) is 0 Å². The summed E-state index contributed by atoms with van der Waals surface area (Å²) >= 11 is 0. The van der Waals surface area contributed by atoms with Crippen LogP contribution in [0.1, 0.15) is 89.7 Å². The lowest BCUT2D eigenvalue weighted by atomic mass is 9.95. The summed E-state index contributed by atoms with van der Waals surface area (Å²) < 4.78 is 18.5. The van der Waals surface area contributed by atoms with Crippen LogP contribution in [-0.2, 0) is 14.3 Å². The van der Waals surface area contributed by atoms with Crippen molar-refractivity contribution in [3.8, 4) is 5.75 Å². The number of hydrogen-bond donors (Lipinski definition) is 2. The van der Waals surface area contributed by atoms with Gasteiger partial charge in [-0.2, -0.15) is 15.1 Å². The van der Waals surface area contributed by atoms with Crippen molar-refractivity contribution in [2.24, 2.45) is 0 Å². The fraction of sp³-hybridized carbons (Fsp3) is 0.600. The molecule has 0 amide bonds. The Bertz CT molecular complexity index is 1220. The highest BCUT2D eigenvalue weighted by atomic mass is 16.5. The van der Waals surface area contributed by atoms with Crippen LogP contribution in [-0.4, -0.2) is 52.1 Å². The molecule has 1 aromatic carbocycles. The van der Waals surface area contributed by atoms with E-state index in [9.17, 15) is 4.79 Å². The van der Waals surface area contributed by atoms with Gasteiger partial charge < -0.3 is 24.8 Å². The summed E-state index contributed by atoms with van der Waals surface area (Å²) in [5.74, 6) is 2.04. The third-order valence-corrected chi connectivity index (χ3v) is 7.71. The van der Waals surface area contributed by atoms with Crippen molar-refractivity contribution in [1.29, 1.82) is 0 Å². The average Bonchev–Trinajstić information content (AvgIpc) is 3.43. The lowest BCUT2D eigenvalue weighted by Gasteiger charge is -2.24. The second-order valence-electron chi connectivity index (χ2n) is 10.8. The molecule has 0 radical (unpaired) electrons. The van der Waals surface area contributed by atoms with Gasteiger partial charge in [0.25, 0.3) is 0 Å². The Kier molecular flexibility index (Phi) is 10.1. The lowest BCUT2D eigenvalue weighted by Crippen LogP contribution is -2.23. The number of carbonyl (C=O) groups excluding carboxylic acids is 1. The van der Waals surface area contributed by atoms with Gasteiger partial charge >= 0.3 is 5.97 Å². The summed E-state index contributed by atoms with van der Waals surface area (Å²) in [6.07, 6.45) is 15.3. The first kappa shape index (κ1) is 28.1. The van der Waals surface area contributed by atoms with Gasteiger partial charge in [0.05, 0.1) is 25.3 Å². The molecule has 1 unspecified atom stereocenters. The summed E-state index contributed by atoms with van der Waals surface area (Å²) in [5, 5.41) is 12.7. The largest absolute Gasteiger partial charge is 0.494 e. The number of fused-ring (bicyclic) bond motifs is 1. The second-order valence-corrected chi connectivity index (χ2v) is 10.8. The molecule has 3 heterocycles. The Hall–Kier alpha value is -3.40. The van der Waals surface area contributed by atoms with Crippen LogP contribution >= 0.6 is 0 Å². The summed E-state index contributed by atoms with van der Waals surface area (Å²) in [6.45, 7) is 1.40. The highest BCUT2D eigenvalue weighted by Crippen LogP contribution is 2.31. The highest BCUT2D eigenvalue weighted by Gasteiger charge is 2.23. The zero-order valence-electron chi connectivity index (χ0n) is 23.6. The monoisotopic (exact) mass is 550 g/mol. The number of esters is 1. The summed E-state index contributed by atoms with van der Waals surface area (Å²) in [7, 11) is 1.43. The van der Waals surface area contributed by atoms with E-state index in [2.05, 4.69) is 20.5 Å². The van der Waals surface area contributed by atoms with Crippen LogP contribution in [0.5, 0.6) is 5.75 Å². The summed E-state index contributed by atoms with van der Waals surface area (Å²) in [5.41, 5.74) is 1.67. The molecule has 10 nitrogen and oxygen atoms in total. The van der Waals surface area contributed by atoms with Crippen LogP contribution in [0, 0.1) is 0 Å². The fourth-order valence-corrected chi connectivity index (χ4v) is 5.44. The molecule has 1 aliphatic heterocycles. The van der Waals surface area contributed by atoms with Crippen molar-refractivity contribution in [2.75, 3.05) is 31.0 Å². The number of nitrogens with one attached hydrogen (secondary N) is 2. The number of aromatic nitrogens is 4. The number of unbranched alkanes of at least 4 members (excludes halogenated alkanes) is 3. The van der Waals surface area contributed by atoms with Crippen molar-refractivity contribution in [3.05, 3.63) is 30.5 Å². The number of anilines is 3. The van der Waals surface area contributed by atoms with Crippen molar-refractivity contribution < 1.29 is 19.0 Å². The van der Waals surface area contributed by atoms with E-state index >= 15 is 0 Å². The van der Waals surface area contributed by atoms with E-state index < -0.39 is 0 Å². The molecule has 216 valence electrons. The summed E-state index contributed by atoms with van der Waals surface area (Å²) in [6, 6.07) is 8.29. The Labute approximate surface area is 236 Å². The zero-order valence-corrected chi connectivity index (χ0v) is 23.6. The molecule has 1 saturated heterocycles. The Morgan fingerprint density at radius 1 is 1.00 bits per heavy atom. The van der Waals surface area contributed by atoms with Crippen LogP contribution < -0.4 is 15.4 Å². The van der Waals surface area contributed by atoms with E-state index in [1.54, 1.807) is 0 Å². The molecule has 0 bridgehead atoms. The number of methoxy groups -OCH3 is 1. The van der Waals surface area contributed by atoms with Crippen molar-refractivity contribution in [3.63, 3.8) is 0 Å². The number of benzene rings is 1. The number of rotatable bonds is 13. The zero-order chi connectivity index (χ0) is 27.6. The molecule has 2 aliphatic rings. The maximum Gasteiger partial charge on any atom is 0.305 e. The molecule has 1 atom stereocenters. The van der Waals surface area contributed by atoms with Gasteiger partial charge in [-0.3, -0.25) is 4.79 Å². The first-order chi connectivity index (χ1) is 19.7. The Morgan fingerprint density at radius 2 is 1.80 bits per heavy atom. The molecule has 5 rings (SSSR count). The molecule has 3 aromatic rings. The number of ether oxygens (including phenoxy) is 3. The first-order valence-electron chi connectivity index (χ1n) is 14.9. The smallest absolute Gasteiger partial charge is 0.305 e. The SMILES string of the molecule is COC(=O)CCCCCCOc1ccc(Nc2nc(NC3CCCCC3)c3cnn(C4CCCCO4)c3n2)cc1. The van der Waals surface area contributed by atoms with Crippen molar-refractivity contribution in [1.82, 2.24) is 19.7 Å². The van der Waals surface area contributed by atoms with Crippen molar-refractivity contribution >= 4 is 34.5 Å². The number of nitrogens with zero attached hydrogens (tertiary/aromatic N) is 4. The summed E-state index contributed by atoms with van der Waals surface area (Å²) in [4.78, 5) is 20.9. The molecular weight excluding hydrogens is 508 g/mol. The molecule has 1 aliphatic carbocycles. The van der Waals surface area contributed by atoms with E-state index in [-0.39, 0.29) is 12.2 Å². The van der Waals surface area contributed by atoms with Gasteiger partial charge in [-0.25, -0.2) is 4.68 Å². The molecule has 10 heteroatoms. The highest BCUT2D eigenvalue weighted by molar-refractivity contribution is 5.88. The van der Waals surface area contributed by atoms with Crippen LogP contribution in [0.15, 0.2) is 30.5 Å². The fourth-order valence-electron chi connectivity index (χ4n) is 5.44. The normalized spacial score (nSPS) is 18.0. The number of carbonyl (C=O) groups is 1. The molecule has 40 heavy (non-hydrogen) atoms. The minimum atomic E-state index is -0.143. The standard InChI is InChI=1S/C30H42N6O4/c1-38-27(37)14-7-2-3-9-19-39-24-17-15-23(16-18-24)33-30-34-28(32-22-11-5-4-6-12-22)25-21-31-36(29(25)35-30)26-13-8-10-20-40-26/h15-18,21-22,26H,2-14,19-20H2,1H3,(H2,32,33,34,35). The molecule has 2 fully saturated rings. The predicted octanol–water partition coefficient (Wildman–Crippen LogP) is 6.52. The minimum Gasteiger partial charge on any atom is -0.494 e. The van der Waals surface area contributed by atoms with Gasteiger partial charge in [-0.05, 0) is 69.2 Å². The first-order valence-corrected chi connectivity index (χ1v) is 14.9. The lowest BCUT2D eigenvalue weighted by molar-refractivity contribution is -0.140. The molecule has 2 aromatic heterocycles. The maximum atomic E-state index is 11.2. The Balaban J connectivity index is 1.23. The van der Waals surface area contributed by atoms with Gasteiger partial charge in [0.2, 0.25) is 5.95 Å². The third kappa shape index (κ3) is 7.62. The van der Waals surface area contributed by atoms with Gasteiger partial charge in [0.15, 0.2) is 11.9 Å². The van der Waals surface area contributed by atoms with E-state index in [1.165, 1.54) is 26.4 Å². The minimum absolute atomic E-state index is 0.0965. The van der Waals surface area contributed by atoms with E-state index in [4.69, 9.17) is 19.4 Å². The van der Waals surface area contributed by atoms with E-state index in [1.807, 2.05) is 35.1 Å². The van der Waals surface area contributed by atoms with Crippen molar-refractivity contribution in [2.45, 2.75) is 95.7 Å². The van der Waals surface area contributed by atoms with Gasteiger partial charge in [0.1, 0.15) is 11.6 Å². The number of hydrogen-bond acceptors (Lipinski definition) is 9. The molecule has 2 N–H and O–H groups in total. The van der Waals surface area contributed by atoms with Crippen LogP contribution in [0.4, 0.5) is 17.5 Å². The second kappa shape index (κ2) is 14.3. The van der Waals surface area contributed by atoms with Gasteiger partial charge in [-0.1, -0.05) is 32.1 Å². The van der Waals surface area contributed by atoms with Gasteiger partial charge in [0, 0.05) is 24.8 Å². The Morgan fingerprint density at radius 3 is 2.58 bits per heavy atom. The third-order valence-electron chi connectivity index (χ3n) is 7.71. The average molecular weight is 551 g/mol. The van der Waals surface area contributed by atoms with Crippen LogP contribution in [0.3, 0.4) is 0 Å². The van der Waals surface area contributed by atoms with Crippen LogP contribution in [0.25, 0.3) is 11.0 Å². The van der Waals surface area contributed by atoms with E-state index in [0.717, 1.165) is 92.7 Å². The van der Waals surface area contributed by atoms with Gasteiger partial charge in [-0.15, -0.1) is 0 Å². The molecule has 0 spiro atoms. The quantitative estimate of drug-likeness (QED) is 0.181. The molecular formula is C30H42N6O4. The molecule has 1 saturated carbocycles. The van der Waals surface area contributed by atoms with E-state index in [0.29, 0.717) is 25.0 Å². The maximum absolute atomic E-state index is 11.2.